The zero-order valence-electron chi connectivity index (χ0n) is 15.3. The normalized spacial score (nSPS) is 11.7. The van der Waals surface area contributed by atoms with Gasteiger partial charge in [-0.15, -0.1) is 0 Å². The highest BCUT2D eigenvalue weighted by Crippen LogP contribution is 2.22. The van der Waals surface area contributed by atoms with Crippen molar-refractivity contribution in [2.45, 2.75) is 18.7 Å². The zero-order chi connectivity index (χ0) is 20.1. The number of ether oxygens (including phenoxy) is 1. The van der Waals surface area contributed by atoms with Gasteiger partial charge in [0.2, 0.25) is 0 Å². The van der Waals surface area contributed by atoms with Crippen LogP contribution in [-0.4, -0.2) is 31.0 Å². The zero-order valence-corrected chi connectivity index (χ0v) is 16.9. The van der Waals surface area contributed by atoms with Crippen LogP contribution in [0.2, 0.25) is 5.15 Å². The number of rotatable bonds is 7. The molecular weight excluding hydrogens is 400 g/mol. The summed E-state index contributed by atoms with van der Waals surface area (Å²) in [5.41, 5.74) is 1.95. The largest absolute Gasteiger partial charge is 0.494 e. The molecule has 146 valence electrons. The Morgan fingerprint density at radius 1 is 1.18 bits per heavy atom. The Morgan fingerprint density at radius 2 is 1.86 bits per heavy atom. The lowest BCUT2D eigenvalue weighted by molar-refractivity contribution is 0.340. The molecule has 0 atom stereocenters. The Labute approximate surface area is 168 Å². The van der Waals surface area contributed by atoms with Crippen LogP contribution in [0, 0.1) is 6.92 Å². The second-order valence-electron chi connectivity index (χ2n) is 5.79. The van der Waals surface area contributed by atoms with E-state index in [0.717, 1.165) is 5.69 Å². The van der Waals surface area contributed by atoms with Crippen LogP contribution in [0.4, 0.5) is 0 Å². The van der Waals surface area contributed by atoms with Crippen molar-refractivity contribution in [2.24, 2.45) is 5.10 Å². The highest BCUT2D eigenvalue weighted by Gasteiger charge is 2.15. The molecule has 1 N–H and O–H groups in total. The van der Waals surface area contributed by atoms with Gasteiger partial charge in [0.05, 0.1) is 34.7 Å². The molecule has 0 saturated heterocycles. The van der Waals surface area contributed by atoms with Crippen molar-refractivity contribution >= 4 is 27.8 Å². The molecule has 0 aliphatic rings. The predicted octanol–water partition coefficient (Wildman–Crippen LogP) is 3.55. The first-order valence-electron chi connectivity index (χ1n) is 8.50. The van der Waals surface area contributed by atoms with Crippen molar-refractivity contribution in [1.29, 1.82) is 0 Å². The van der Waals surface area contributed by atoms with E-state index < -0.39 is 10.0 Å². The molecule has 0 aliphatic carbocycles. The quantitative estimate of drug-likeness (QED) is 0.469. The molecule has 0 spiro atoms. The van der Waals surface area contributed by atoms with Crippen LogP contribution >= 0.6 is 11.6 Å². The summed E-state index contributed by atoms with van der Waals surface area (Å²) in [6.45, 7) is 4.13. The van der Waals surface area contributed by atoms with Gasteiger partial charge < -0.3 is 4.74 Å². The van der Waals surface area contributed by atoms with Crippen molar-refractivity contribution in [3.05, 3.63) is 71.0 Å². The van der Waals surface area contributed by atoms with Gasteiger partial charge in [-0.3, -0.25) is 0 Å². The second-order valence-corrected chi connectivity index (χ2v) is 7.81. The smallest absolute Gasteiger partial charge is 0.276 e. The minimum atomic E-state index is -3.81. The average Bonchev–Trinajstić information content (AvgIpc) is 2.97. The molecule has 0 bridgehead atoms. The lowest BCUT2D eigenvalue weighted by Gasteiger charge is -2.05. The molecule has 0 saturated carbocycles. The maximum absolute atomic E-state index is 12.4. The van der Waals surface area contributed by atoms with Gasteiger partial charge in [0.1, 0.15) is 10.9 Å². The molecule has 3 aromatic rings. The van der Waals surface area contributed by atoms with E-state index in [0.29, 0.717) is 28.8 Å². The first kappa shape index (κ1) is 19.9. The maximum Gasteiger partial charge on any atom is 0.276 e. The summed E-state index contributed by atoms with van der Waals surface area (Å²) in [7, 11) is -3.81. The summed E-state index contributed by atoms with van der Waals surface area (Å²) < 4.78 is 31.6. The topological polar surface area (TPSA) is 85.6 Å². The summed E-state index contributed by atoms with van der Waals surface area (Å²) in [5, 5.41) is 8.57. The van der Waals surface area contributed by atoms with E-state index in [1.54, 1.807) is 23.7 Å². The number of hydrogen-bond donors (Lipinski definition) is 1. The van der Waals surface area contributed by atoms with Crippen molar-refractivity contribution in [3.8, 4) is 11.4 Å². The van der Waals surface area contributed by atoms with Crippen LogP contribution in [0.25, 0.3) is 5.69 Å². The fourth-order valence-electron chi connectivity index (χ4n) is 2.49. The number of para-hydroxylation sites is 1. The molecule has 0 radical (unpaired) electrons. The number of benzene rings is 2. The van der Waals surface area contributed by atoms with Gasteiger partial charge in [0.15, 0.2) is 0 Å². The molecule has 1 aromatic heterocycles. The number of hydrazone groups is 1. The summed E-state index contributed by atoms with van der Waals surface area (Å²) in [4.78, 5) is 2.26. The molecule has 0 amide bonds. The summed E-state index contributed by atoms with van der Waals surface area (Å²) >= 11 is 6.40. The van der Waals surface area contributed by atoms with Crippen LogP contribution in [0.3, 0.4) is 0 Å². The summed E-state index contributed by atoms with van der Waals surface area (Å²) in [6.07, 6.45) is 1.34. The molecular formula is C19H19ClN4O3S. The Balaban J connectivity index is 1.78. The van der Waals surface area contributed by atoms with Crippen LogP contribution in [0.5, 0.6) is 5.75 Å². The Bertz CT molecular complexity index is 1080. The third-order valence-corrected chi connectivity index (χ3v) is 5.46. The lowest BCUT2D eigenvalue weighted by atomic mass is 10.3. The molecule has 3 rings (SSSR count). The van der Waals surface area contributed by atoms with E-state index in [9.17, 15) is 8.42 Å². The number of halogens is 1. The molecule has 9 heteroatoms. The maximum atomic E-state index is 12.4. The predicted molar refractivity (Wildman–Crippen MR) is 109 cm³/mol. The van der Waals surface area contributed by atoms with Crippen LogP contribution in [0.1, 0.15) is 18.2 Å². The van der Waals surface area contributed by atoms with E-state index in [-0.39, 0.29) is 4.90 Å². The van der Waals surface area contributed by atoms with Crippen molar-refractivity contribution in [3.63, 3.8) is 0 Å². The molecule has 0 fully saturated rings. The molecule has 2 aromatic carbocycles. The Hall–Kier alpha value is -2.84. The first-order valence-corrected chi connectivity index (χ1v) is 10.4. The third-order valence-electron chi connectivity index (χ3n) is 3.86. The highest BCUT2D eigenvalue weighted by atomic mass is 35.5. The molecule has 28 heavy (non-hydrogen) atoms. The number of aromatic nitrogens is 2. The number of aryl methyl sites for hydroxylation is 1. The van der Waals surface area contributed by atoms with Crippen molar-refractivity contribution in [1.82, 2.24) is 14.6 Å². The van der Waals surface area contributed by atoms with E-state index in [2.05, 4.69) is 15.0 Å². The molecule has 1 heterocycles. The second kappa shape index (κ2) is 8.45. The number of nitrogens with one attached hydrogen (secondary N) is 1. The van der Waals surface area contributed by atoms with Gasteiger partial charge in [-0.25, -0.2) is 9.51 Å². The number of nitrogens with zero attached hydrogens (tertiary/aromatic N) is 3. The summed E-state index contributed by atoms with van der Waals surface area (Å²) in [5.74, 6) is 0.598. The third kappa shape index (κ3) is 4.35. The van der Waals surface area contributed by atoms with Crippen LogP contribution < -0.4 is 9.57 Å². The summed E-state index contributed by atoms with van der Waals surface area (Å²) in [6, 6.07) is 15.5. The SMILES string of the molecule is CCOc1ccc(S(=O)(=O)N/N=C\c2c(C)nn(-c3ccccc3)c2Cl)cc1. The fourth-order valence-corrected chi connectivity index (χ4v) is 3.60. The van der Waals surface area contributed by atoms with E-state index in [1.807, 2.05) is 37.3 Å². The molecule has 0 aliphatic heterocycles. The molecule has 7 nitrogen and oxygen atoms in total. The standard InChI is InChI=1S/C19H19ClN4O3S/c1-3-27-16-9-11-17(12-10-16)28(25,26)23-21-13-18-14(2)22-24(19(18)20)15-7-5-4-6-8-15/h4-13,23H,3H2,1-2H3/b21-13-. The van der Waals surface area contributed by atoms with Crippen molar-refractivity contribution in [2.75, 3.05) is 6.61 Å². The van der Waals surface area contributed by atoms with Gasteiger partial charge in [0.25, 0.3) is 10.0 Å². The van der Waals surface area contributed by atoms with Crippen molar-refractivity contribution < 1.29 is 13.2 Å². The Kier molecular flexibility index (Phi) is 6.01. The fraction of sp³-hybridized carbons (Fsp3) is 0.158. The van der Waals surface area contributed by atoms with Gasteiger partial charge in [-0.05, 0) is 50.2 Å². The minimum Gasteiger partial charge on any atom is -0.494 e. The van der Waals surface area contributed by atoms with Crippen LogP contribution in [0.15, 0.2) is 64.6 Å². The average molecular weight is 419 g/mol. The minimum absolute atomic E-state index is 0.0795. The van der Waals surface area contributed by atoms with Gasteiger partial charge in [0, 0.05) is 0 Å². The van der Waals surface area contributed by atoms with Gasteiger partial charge >= 0.3 is 0 Å². The lowest BCUT2D eigenvalue weighted by Crippen LogP contribution is -2.18. The Morgan fingerprint density at radius 3 is 2.50 bits per heavy atom. The highest BCUT2D eigenvalue weighted by molar-refractivity contribution is 7.89. The van der Waals surface area contributed by atoms with Crippen LogP contribution in [-0.2, 0) is 10.0 Å². The first-order chi connectivity index (χ1) is 13.4. The number of sulfonamides is 1. The van der Waals surface area contributed by atoms with E-state index >= 15 is 0 Å². The van der Waals surface area contributed by atoms with E-state index in [4.69, 9.17) is 16.3 Å². The van der Waals surface area contributed by atoms with E-state index in [1.165, 1.54) is 18.3 Å². The van der Waals surface area contributed by atoms with Gasteiger partial charge in [-0.1, -0.05) is 29.8 Å². The number of hydrogen-bond acceptors (Lipinski definition) is 5. The monoisotopic (exact) mass is 418 g/mol. The molecule has 0 unspecified atom stereocenters. The van der Waals surface area contributed by atoms with Gasteiger partial charge in [-0.2, -0.15) is 18.6 Å².